The number of hydrogen-bond donors (Lipinski definition) is 2. The van der Waals surface area contributed by atoms with Crippen molar-refractivity contribution >= 4 is 27.7 Å². The summed E-state index contributed by atoms with van der Waals surface area (Å²) in [5, 5.41) is 5.15. The minimum absolute atomic E-state index is 0.0733. The SMILES string of the molecule is O=C(NCCNC(=O)C1CC1c1ccc(Br)cc1)c1c(F)cccc1F. The fourth-order valence-electron chi connectivity index (χ4n) is 2.86. The van der Waals surface area contributed by atoms with Gasteiger partial charge in [-0.3, -0.25) is 9.59 Å². The van der Waals surface area contributed by atoms with Crippen molar-refractivity contribution in [2.24, 2.45) is 5.92 Å². The highest BCUT2D eigenvalue weighted by Gasteiger charge is 2.43. The minimum atomic E-state index is -0.915. The normalized spacial score (nSPS) is 18.3. The Balaban J connectivity index is 1.42. The van der Waals surface area contributed by atoms with E-state index in [1.54, 1.807) is 0 Å². The molecule has 7 heteroatoms. The summed E-state index contributed by atoms with van der Waals surface area (Å²) in [5.74, 6) is -2.61. The third-order valence-corrected chi connectivity index (χ3v) is 4.85. The first-order valence-corrected chi connectivity index (χ1v) is 9.02. The molecule has 0 aromatic heterocycles. The molecule has 2 N–H and O–H groups in total. The van der Waals surface area contributed by atoms with Crippen molar-refractivity contribution in [3.63, 3.8) is 0 Å². The summed E-state index contributed by atoms with van der Waals surface area (Å²) in [6, 6.07) is 11.1. The molecule has 2 aromatic rings. The molecule has 0 saturated heterocycles. The molecule has 2 atom stereocenters. The Bertz CT molecular complexity index is 807. The van der Waals surface area contributed by atoms with Crippen LogP contribution in [0, 0.1) is 17.6 Å². The second-order valence-corrected chi connectivity index (χ2v) is 7.06. The van der Waals surface area contributed by atoms with Gasteiger partial charge in [0.2, 0.25) is 5.91 Å². The number of carbonyl (C=O) groups is 2. The van der Waals surface area contributed by atoms with Crippen molar-refractivity contribution in [3.8, 4) is 0 Å². The van der Waals surface area contributed by atoms with Gasteiger partial charge in [0.15, 0.2) is 0 Å². The van der Waals surface area contributed by atoms with Crippen LogP contribution in [0.2, 0.25) is 0 Å². The van der Waals surface area contributed by atoms with Crippen molar-refractivity contribution in [2.45, 2.75) is 12.3 Å². The quantitative estimate of drug-likeness (QED) is 0.701. The van der Waals surface area contributed by atoms with Crippen molar-refractivity contribution in [1.29, 1.82) is 0 Å². The Labute approximate surface area is 158 Å². The van der Waals surface area contributed by atoms with Gasteiger partial charge in [0.25, 0.3) is 5.91 Å². The molecule has 2 amide bonds. The Morgan fingerprint density at radius 2 is 1.62 bits per heavy atom. The highest BCUT2D eigenvalue weighted by Crippen LogP contribution is 2.47. The molecule has 0 aliphatic heterocycles. The summed E-state index contributed by atoms with van der Waals surface area (Å²) in [6.45, 7) is 0.290. The van der Waals surface area contributed by atoms with Crippen LogP contribution in [0.15, 0.2) is 46.9 Å². The summed E-state index contributed by atoms with van der Waals surface area (Å²) in [5.41, 5.74) is 0.507. The molecule has 0 heterocycles. The van der Waals surface area contributed by atoms with Gasteiger partial charge >= 0.3 is 0 Å². The number of rotatable bonds is 6. The molecule has 0 radical (unpaired) electrons. The van der Waals surface area contributed by atoms with Gasteiger partial charge < -0.3 is 10.6 Å². The fourth-order valence-corrected chi connectivity index (χ4v) is 3.12. The number of carbonyl (C=O) groups excluding carboxylic acids is 2. The van der Waals surface area contributed by atoms with Crippen LogP contribution < -0.4 is 10.6 Å². The van der Waals surface area contributed by atoms with Crippen molar-refractivity contribution in [3.05, 3.63) is 69.7 Å². The van der Waals surface area contributed by atoms with E-state index in [1.165, 1.54) is 6.07 Å². The number of amides is 2. The van der Waals surface area contributed by atoms with Crippen LogP contribution in [0.25, 0.3) is 0 Å². The first kappa shape index (κ1) is 18.5. The summed E-state index contributed by atoms with van der Waals surface area (Å²) in [7, 11) is 0. The van der Waals surface area contributed by atoms with Gasteiger partial charge in [-0.15, -0.1) is 0 Å². The summed E-state index contributed by atoms with van der Waals surface area (Å²) in [4.78, 5) is 24.0. The standard InChI is InChI=1S/C19H17BrF2N2O2/c20-12-6-4-11(5-7-12)13-10-14(13)18(25)23-8-9-24-19(26)17-15(21)2-1-3-16(17)22/h1-7,13-14H,8-10H2,(H,23,25)(H,24,26). The molecule has 1 fully saturated rings. The minimum Gasteiger partial charge on any atom is -0.354 e. The lowest BCUT2D eigenvalue weighted by atomic mass is 10.1. The Morgan fingerprint density at radius 3 is 2.27 bits per heavy atom. The molecule has 26 heavy (non-hydrogen) atoms. The Kier molecular flexibility index (Phi) is 5.66. The van der Waals surface area contributed by atoms with Gasteiger partial charge in [0.1, 0.15) is 17.2 Å². The molecule has 2 unspecified atom stereocenters. The van der Waals surface area contributed by atoms with Gasteiger partial charge in [-0.05, 0) is 42.2 Å². The van der Waals surface area contributed by atoms with E-state index in [-0.39, 0.29) is 30.8 Å². The number of nitrogens with one attached hydrogen (secondary N) is 2. The third kappa shape index (κ3) is 4.27. The van der Waals surface area contributed by atoms with Crippen LogP contribution >= 0.6 is 15.9 Å². The van der Waals surface area contributed by atoms with Crippen molar-refractivity contribution in [1.82, 2.24) is 10.6 Å². The number of halogens is 3. The van der Waals surface area contributed by atoms with Gasteiger partial charge in [0, 0.05) is 23.5 Å². The summed E-state index contributed by atoms with van der Waals surface area (Å²) >= 11 is 3.38. The van der Waals surface area contributed by atoms with Crippen LogP contribution in [-0.4, -0.2) is 24.9 Å². The topological polar surface area (TPSA) is 58.2 Å². The molecule has 1 saturated carbocycles. The van der Waals surface area contributed by atoms with E-state index in [0.717, 1.165) is 28.6 Å². The van der Waals surface area contributed by atoms with Gasteiger partial charge in [-0.25, -0.2) is 8.78 Å². The molecular formula is C19H17BrF2N2O2. The molecule has 0 bridgehead atoms. The van der Waals surface area contributed by atoms with Crippen molar-refractivity contribution < 1.29 is 18.4 Å². The Morgan fingerprint density at radius 1 is 1.00 bits per heavy atom. The third-order valence-electron chi connectivity index (χ3n) is 4.32. The van der Waals surface area contributed by atoms with E-state index in [4.69, 9.17) is 0 Å². The van der Waals surface area contributed by atoms with E-state index in [2.05, 4.69) is 26.6 Å². The maximum Gasteiger partial charge on any atom is 0.257 e. The van der Waals surface area contributed by atoms with E-state index in [9.17, 15) is 18.4 Å². The maximum atomic E-state index is 13.5. The lowest BCUT2D eigenvalue weighted by Gasteiger charge is -2.08. The summed E-state index contributed by atoms with van der Waals surface area (Å²) < 4.78 is 28.0. The Hall–Kier alpha value is -2.28. The van der Waals surface area contributed by atoms with Crippen LogP contribution in [0.3, 0.4) is 0 Å². The molecular weight excluding hydrogens is 406 g/mol. The predicted octanol–water partition coefficient (Wildman–Crippen LogP) is 3.38. The molecule has 0 spiro atoms. The first-order chi connectivity index (χ1) is 12.5. The van der Waals surface area contributed by atoms with Crippen LogP contribution in [0.4, 0.5) is 8.78 Å². The van der Waals surface area contributed by atoms with E-state index in [1.807, 2.05) is 24.3 Å². The second-order valence-electron chi connectivity index (χ2n) is 6.14. The van der Waals surface area contributed by atoms with E-state index < -0.39 is 23.1 Å². The molecule has 3 rings (SSSR count). The molecule has 4 nitrogen and oxygen atoms in total. The zero-order valence-corrected chi connectivity index (χ0v) is 15.4. The van der Waals surface area contributed by atoms with Crippen LogP contribution in [0.5, 0.6) is 0 Å². The second kappa shape index (κ2) is 7.95. The monoisotopic (exact) mass is 422 g/mol. The highest BCUT2D eigenvalue weighted by atomic mass is 79.9. The van der Waals surface area contributed by atoms with E-state index in [0.29, 0.717) is 0 Å². The lowest BCUT2D eigenvalue weighted by molar-refractivity contribution is -0.122. The average molecular weight is 423 g/mol. The van der Waals surface area contributed by atoms with Gasteiger partial charge in [-0.2, -0.15) is 0 Å². The van der Waals surface area contributed by atoms with Crippen LogP contribution in [0.1, 0.15) is 28.3 Å². The predicted molar refractivity (Wildman–Crippen MR) is 96.7 cm³/mol. The summed E-state index contributed by atoms with van der Waals surface area (Å²) in [6.07, 6.45) is 0.792. The van der Waals surface area contributed by atoms with Gasteiger partial charge in [0.05, 0.1) is 0 Å². The first-order valence-electron chi connectivity index (χ1n) is 8.22. The fraction of sp³-hybridized carbons (Fsp3) is 0.263. The largest absolute Gasteiger partial charge is 0.354 e. The zero-order chi connectivity index (χ0) is 18.7. The number of benzene rings is 2. The van der Waals surface area contributed by atoms with Gasteiger partial charge in [-0.1, -0.05) is 34.1 Å². The van der Waals surface area contributed by atoms with E-state index >= 15 is 0 Å². The average Bonchev–Trinajstić information content (AvgIpc) is 3.40. The van der Waals surface area contributed by atoms with Crippen molar-refractivity contribution in [2.75, 3.05) is 13.1 Å². The highest BCUT2D eigenvalue weighted by molar-refractivity contribution is 9.10. The molecule has 1 aliphatic rings. The molecule has 136 valence electrons. The smallest absolute Gasteiger partial charge is 0.257 e. The molecule has 1 aliphatic carbocycles. The maximum absolute atomic E-state index is 13.5. The van der Waals surface area contributed by atoms with Crippen LogP contribution in [-0.2, 0) is 4.79 Å². The lowest BCUT2D eigenvalue weighted by Crippen LogP contribution is -2.36. The zero-order valence-electron chi connectivity index (χ0n) is 13.8. The molecule has 2 aromatic carbocycles. The number of hydrogen-bond acceptors (Lipinski definition) is 2.